The predicted molar refractivity (Wildman–Crippen MR) is 65.4 cm³/mol. The number of halogens is 3. The molecule has 1 heterocycles. The maximum atomic E-state index is 13.6. The lowest BCUT2D eigenvalue weighted by atomic mass is 10.1. The summed E-state index contributed by atoms with van der Waals surface area (Å²) in [5, 5.41) is 3.90. The van der Waals surface area contributed by atoms with Crippen molar-refractivity contribution in [2.45, 2.75) is 13.5 Å². The summed E-state index contributed by atoms with van der Waals surface area (Å²) in [5.74, 6) is -2.50. The topological polar surface area (TPSA) is 34.9 Å². The third-order valence-electron chi connectivity index (χ3n) is 2.45. The zero-order valence-electron chi connectivity index (χ0n) is 9.45. The number of nitrogens with zero attached hydrogens (tertiary/aromatic N) is 2. The second kappa shape index (κ2) is 4.97. The van der Waals surface area contributed by atoms with Gasteiger partial charge in [-0.2, -0.15) is 5.10 Å². The molecular formula is C12H9BrF2N2O. The second-order valence-electron chi connectivity index (χ2n) is 3.66. The van der Waals surface area contributed by atoms with Crippen LogP contribution in [-0.2, 0) is 6.54 Å². The lowest BCUT2D eigenvalue weighted by molar-refractivity contribution is 0.103. The Labute approximate surface area is 111 Å². The van der Waals surface area contributed by atoms with Crippen LogP contribution in [-0.4, -0.2) is 15.6 Å². The summed E-state index contributed by atoms with van der Waals surface area (Å²) >= 11 is 2.96. The van der Waals surface area contributed by atoms with E-state index in [9.17, 15) is 13.6 Å². The van der Waals surface area contributed by atoms with Crippen molar-refractivity contribution >= 4 is 21.7 Å². The van der Waals surface area contributed by atoms with Crippen molar-refractivity contribution in [2.75, 3.05) is 0 Å². The highest BCUT2D eigenvalue weighted by Gasteiger charge is 2.21. The fraction of sp³-hybridized carbons (Fsp3) is 0.167. The normalized spacial score (nSPS) is 10.7. The molecule has 0 spiro atoms. The number of aromatic nitrogens is 2. The maximum Gasteiger partial charge on any atom is 0.202 e. The van der Waals surface area contributed by atoms with E-state index in [4.69, 9.17) is 0 Å². The Bertz CT molecular complexity index is 587. The van der Waals surface area contributed by atoms with Gasteiger partial charge in [0.1, 0.15) is 11.6 Å². The molecule has 1 aromatic heterocycles. The number of benzene rings is 1. The Hall–Kier alpha value is -1.56. The van der Waals surface area contributed by atoms with E-state index >= 15 is 0 Å². The van der Waals surface area contributed by atoms with E-state index < -0.39 is 23.0 Å². The molecule has 0 aliphatic rings. The van der Waals surface area contributed by atoms with Crippen LogP contribution in [0.5, 0.6) is 0 Å². The van der Waals surface area contributed by atoms with Gasteiger partial charge in [-0.05, 0) is 19.1 Å². The highest BCUT2D eigenvalue weighted by atomic mass is 79.9. The summed E-state index contributed by atoms with van der Waals surface area (Å²) in [6, 6.07) is 2.11. The average Bonchev–Trinajstić information content (AvgIpc) is 2.75. The van der Waals surface area contributed by atoms with Crippen LogP contribution in [0.4, 0.5) is 8.78 Å². The van der Waals surface area contributed by atoms with Crippen LogP contribution in [0.2, 0.25) is 0 Å². The van der Waals surface area contributed by atoms with Crippen molar-refractivity contribution in [3.8, 4) is 0 Å². The third-order valence-corrected chi connectivity index (χ3v) is 2.91. The van der Waals surface area contributed by atoms with Crippen LogP contribution in [0, 0.1) is 11.6 Å². The first-order chi connectivity index (χ1) is 8.52. The summed E-state index contributed by atoms with van der Waals surface area (Å²) in [6.45, 7) is 2.43. The van der Waals surface area contributed by atoms with Crippen molar-refractivity contribution in [3.05, 3.63) is 51.8 Å². The molecule has 6 heteroatoms. The summed E-state index contributed by atoms with van der Waals surface area (Å²) in [5.41, 5.74) is -0.397. The van der Waals surface area contributed by atoms with E-state index in [1.165, 1.54) is 17.1 Å². The molecule has 2 aromatic rings. The van der Waals surface area contributed by atoms with Crippen molar-refractivity contribution in [1.29, 1.82) is 0 Å². The fourth-order valence-electron chi connectivity index (χ4n) is 1.56. The molecule has 94 valence electrons. The van der Waals surface area contributed by atoms with Crippen LogP contribution < -0.4 is 0 Å². The van der Waals surface area contributed by atoms with Gasteiger partial charge in [-0.25, -0.2) is 8.78 Å². The van der Waals surface area contributed by atoms with Crippen LogP contribution in [0.3, 0.4) is 0 Å². The quantitative estimate of drug-likeness (QED) is 0.816. The molecule has 0 saturated heterocycles. The van der Waals surface area contributed by atoms with Gasteiger partial charge >= 0.3 is 0 Å². The Balaban J connectivity index is 2.46. The molecule has 0 radical (unpaired) electrons. The molecule has 18 heavy (non-hydrogen) atoms. The first kappa shape index (κ1) is 12.9. The summed E-state index contributed by atoms with van der Waals surface area (Å²) < 4.78 is 29.0. The number of carbonyl (C=O) groups excluding carboxylic acids is 1. The largest absolute Gasteiger partial charge is 0.288 e. The van der Waals surface area contributed by atoms with Crippen LogP contribution in [0.25, 0.3) is 0 Å². The Morgan fingerprint density at radius 3 is 2.50 bits per heavy atom. The van der Waals surface area contributed by atoms with Crippen molar-refractivity contribution < 1.29 is 13.6 Å². The fourth-order valence-corrected chi connectivity index (χ4v) is 1.96. The Morgan fingerprint density at radius 1 is 1.39 bits per heavy atom. The zero-order chi connectivity index (χ0) is 13.3. The molecule has 0 bridgehead atoms. The van der Waals surface area contributed by atoms with Crippen LogP contribution >= 0.6 is 15.9 Å². The van der Waals surface area contributed by atoms with Crippen LogP contribution in [0.1, 0.15) is 22.8 Å². The van der Waals surface area contributed by atoms with Crippen molar-refractivity contribution in [3.63, 3.8) is 0 Å². The SMILES string of the molecule is CCn1cc(C(=O)c2c(F)cc(Br)cc2F)cn1. The molecular weight excluding hydrogens is 306 g/mol. The third kappa shape index (κ3) is 2.33. The number of ketones is 1. The first-order valence-electron chi connectivity index (χ1n) is 5.24. The van der Waals surface area contributed by atoms with Gasteiger partial charge in [0.15, 0.2) is 0 Å². The molecule has 0 aliphatic carbocycles. The molecule has 0 fully saturated rings. The number of carbonyl (C=O) groups is 1. The molecule has 2 rings (SSSR count). The molecule has 0 atom stereocenters. The summed E-state index contributed by atoms with van der Waals surface area (Å²) in [4.78, 5) is 12.0. The van der Waals surface area contributed by atoms with Crippen molar-refractivity contribution in [1.82, 2.24) is 9.78 Å². The standard InChI is InChI=1S/C12H9BrF2N2O/c1-2-17-6-7(5-16-17)12(18)11-9(14)3-8(13)4-10(11)15/h3-6H,2H2,1H3. The van der Waals surface area contributed by atoms with E-state index in [2.05, 4.69) is 21.0 Å². The van der Waals surface area contributed by atoms with Crippen molar-refractivity contribution in [2.24, 2.45) is 0 Å². The number of hydrogen-bond donors (Lipinski definition) is 0. The molecule has 1 aromatic carbocycles. The zero-order valence-corrected chi connectivity index (χ0v) is 11.0. The number of aryl methyl sites for hydroxylation is 1. The average molecular weight is 315 g/mol. The van der Waals surface area contributed by atoms with E-state index in [-0.39, 0.29) is 10.0 Å². The number of hydrogen-bond acceptors (Lipinski definition) is 2. The highest BCUT2D eigenvalue weighted by molar-refractivity contribution is 9.10. The van der Waals surface area contributed by atoms with Gasteiger partial charge in [0.05, 0.1) is 17.3 Å². The maximum absolute atomic E-state index is 13.6. The molecule has 0 aliphatic heterocycles. The lowest BCUT2D eigenvalue weighted by Gasteiger charge is -2.03. The molecule has 0 saturated carbocycles. The Kier molecular flexibility index (Phi) is 3.56. The van der Waals surface area contributed by atoms with Gasteiger partial charge < -0.3 is 0 Å². The summed E-state index contributed by atoms with van der Waals surface area (Å²) in [7, 11) is 0. The van der Waals surface area contributed by atoms with Gasteiger partial charge in [0.25, 0.3) is 0 Å². The van der Waals surface area contributed by atoms with E-state index in [0.717, 1.165) is 12.1 Å². The van der Waals surface area contributed by atoms with E-state index in [1.807, 2.05) is 6.92 Å². The summed E-state index contributed by atoms with van der Waals surface area (Å²) in [6.07, 6.45) is 2.76. The minimum atomic E-state index is -0.892. The van der Waals surface area contributed by atoms with Gasteiger partial charge in [-0.3, -0.25) is 9.48 Å². The molecule has 0 N–H and O–H groups in total. The van der Waals surface area contributed by atoms with Gasteiger partial charge in [-0.15, -0.1) is 0 Å². The van der Waals surface area contributed by atoms with E-state index in [0.29, 0.717) is 6.54 Å². The lowest BCUT2D eigenvalue weighted by Crippen LogP contribution is -2.07. The predicted octanol–water partition coefficient (Wildman–Crippen LogP) is 3.17. The minimum absolute atomic E-state index is 0.164. The Morgan fingerprint density at radius 2 is 2.00 bits per heavy atom. The van der Waals surface area contributed by atoms with Gasteiger partial charge in [0, 0.05) is 17.2 Å². The minimum Gasteiger partial charge on any atom is -0.288 e. The van der Waals surface area contributed by atoms with Gasteiger partial charge in [0.2, 0.25) is 5.78 Å². The monoisotopic (exact) mass is 314 g/mol. The first-order valence-corrected chi connectivity index (χ1v) is 6.04. The van der Waals surface area contributed by atoms with Gasteiger partial charge in [-0.1, -0.05) is 15.9 Å². The van der Waals surface area contributed by atoms with E-state index in [1.54, 1.807) is 0 Å². The van der Waals surface area contributed by atoms with Crippen LogP contribution in [0.15, 0.2) is 29.0 Å². The highest BCUT2D eigenvalue weighted by Crippen LogP contribution is 2.22. The molecule has 0 amide bonds. The smallest absolute Gasteiger partial charge is 0.202 e. The number of rotatable bonds is 3. The molecule has 3 nitrogen and oxygen atoms in total. The second-order valence-corrected chi connectivity index (χ2v) is 4.57. The molecule has 0 unspecified atom stereocenters.